The second kappa shape index (κ2) is 8.92. The van der Waals surface area contributed by atoms with E-state index in [1.54, 1.807) is 29.1 Å². The zero-order valence-electron chi connectivity index (χ0n) is 16.1. The number of pyridine rings is 1. The molecule has 0 fully saturated rings. The predicted molar refractivity (Wildman–Crippen MR) is 113 cm³/mol. The van der Waals surface area contributed by atoms with Crippen molar-refractivity contribution in [3.05, 3.63) is 65.0 Å². The van der Waals surface area contributed by atoms with Gasteiger partial charge in [0, 0.05) is 18.2 Å². The number of hydrogen-bond acceptors (Lipinski definition) is 8. The molecule has 0 radical (unpaired) electrons. The number of primary amides is 1. The Morgan fingerprint density at radius 1 is 1.10 bits per heavy atom. The number of carbonyl (C=O) groups excluding carboxylic acids is 2. The Morgan fingerprint density at radius 3 is 2.50 bits per heavy atom. The molecule has 156 valence electrons. The van der Waals surface area contributed by atoms with E-state index in [1.807, 2.05) is 18.3 Å². The van der Waals surface area contributed by atoms with Crippen molar-refractivity contribution in [3.63, 3.8) is 0 Å². The highest BCUT2D eigenvalue weighted by molar-refractivity contribution is 5.96. The summed E-state index contributed by atoms with van der Waals surface area (Å²) >= 11 is 0. The summed E-state index contributed by atoms with van der Waals surface area (Å²) in [6, 6.07) is 8.70. The Labute approximate surface area is 172 Å². The molecule has 0 aliphatic heterocycles. The van der Waals surface area contributed by atoms with E-state index >= 15 is 0 Å². The third kappa shape index (κ3) is 5.02. The number of carbonyl (C=O) groups is 2. The topological polar surface area (TPSA) is 193 Å². The number of benzene rings is 1. The van der Waals surface area contributed by atoms with Crippen molar-refractivity contribution in [1.82, 2.24) is 20.1 Å². The van der Waals surface area contributed by atoms with Crippen molar-refractivity contribution in [2.45, 2.75) is 13.0 Å². The quantitative estimate of drug-likeness (QED) is 0.213. The average Bonchev–Trinajstić information content (AvgIpc) is 3.15. The van der Waals surface area contributed by atoms with Crippen molar-refractivity contribution in [2.75, 3.05) is 23.4 Å². The molecule has 0 unspecified atom stereocenters. The minimum Gasteiger partial charge on any atom is -0.395 e. The van der Waals surface area contributed by atoms with E-state index in [2.05, 4.69) is 20.8 Å². The zero-order valence-corrected chi connectivity index (χ0v) is 16.1. The van der Waals surface area contributed by atoms with Gasteiger partial charge >= 0.3 is 0 Å². The minimum absolute atomic E-state index is 0.201. The van der Waals surface area contributed by atoms with E-state index in [4.69, 9.17) is 23.0 Å². The van der Waals surface area contributed by atoms with Crippen LogP contribution in [0.2, 0.25) is 0 Å². The molecule has 1 aromatic carbocycles. The first kappa shape index (κ1) is 20.6. The van der Waals surface area contributed by atoms with E-state index in [0.29, 0.717) is 35.9 Å². The predicted octanol–water partition coefficient (Wildman–Crippen LogP) is -0.418. The van der Waals surface area contributed by atoms with Crippen molar-refractivity contribution in [1.29, 1.82) is 0 Å². The normalized spacial score (nSPS) is 10.6. The Kier molecular flexibility index (Phi) is 6.13. The van der Waals surface area contributed by atoms with Crippen LogP contribution in [0.25, 0.3) is 0 Å². The van der Waals surface area contributed by atoms with E-state index in [1.165, 1.54) is 0 Å². The molecule has 11 nitrogen and oxygen atoms in total. The Hall–Kier alpha value is -4.12. The van der Waals surface area contributed by atoms with Crippen molar-refractivity contribution in [3.8, 4) is 0 Å². The highest BCUT2D eigenvalue weighted by Crippen LogP contribution is 2.24. The fourth-order valence-electron chi connectivity index (χ4n) is 2.91. The van der Waals surface area contributed by atoms with E-state index in [-0.39, 0.29) is 12.5 Å². The maximum Gasteiger partial charge on any atom is 0.251 e. The maximum atomic E-state index is 11.9. The first-order valence-electron chi connectivity index (χ1n) is 9.04. The molecule has 0 atom stereocenters. The molecule has 0 saturated carbocycles. The summed E-state index contributed by atoms with van der Waals surface area (Å²) in [5.74, 6) is 5.12. The molecular formula is C19H23N9O2. The minimum atomic E-state index is -0.596. The zero-order chi connectivity index (χ0) is 21.7. The van der Waals surface area contributed by atoms with Gasteiger partial charge in [0.2, 0.25) is 5.91 Å². The van der Waals surface area contributed by atoms with Crippen LogP contribution < -0.4 is 33.8 Å². The molecule has 2 aromatic heterocycles. The lowest BCUT2D eigenvalue weighted by atomic mass is 10.1. The van der Waals surface area contributed by atoms with Gasteiger partial charge in [0.05, 0.1) is 25.0 Å². The summed E-state index contributed by atoms with van der Waals surface area (Å²) in [6.45, 7) is 0.319. The van der Waals surface area contributed by atoms with Crippen LogP contribution in [0, 0.1) is 0 Å². The number of nitrogens with two attached hydrogens (primary N) is 4. The third-order valence-electron chi connectivity index (χ3n) is 4.37. The van der Waals surface area contributed by atoms with E-state index in [9.17, 15) is 9.59 Å². The lowest BCUT2D eigenvalue weighted by Gasteiger charge is -2.10. The highest BCUT2D eigenvalue weighted by atomic mass is 16.2. The summed E-state index contributed by atoms with van der Waals surface area (Å²) in [5, 5.41) is 6.81. The molecule has 0 aliphatic carbocycles. The molecule has 0 bridgehead atoms. The number of anilines is 3. The molecule has 3 aromatic rings. The second-order valence-electron chi connectivity index (χ2n) is 6.68. The Bertz CT molecular complexity index is 1060. The van der Waals surface area contributed by atoms with Crippen LogP contribution in [0.4, 0.5) is 17.3 Å². The average molecular weight is 409 g/mol. The number of rotatable bonds is 8. The first-order valence-corrected chi connectivity index (χ1v) is 9.04. The van der Waals surface area contributed by atoms with Crippen molar-refractivity contribution in [2.24, 2.45) is 11.6 Å². The summed E-state index contributed by atoms with van der Waals surface area (Å²) in [6.07, 6.45) is 4.17. The second-order valence-corrected chi connectivity index (χ2v) is 6.68. The van der Waals surface area contributed by atoms with Gasteiger partial charge in [0.15, 0.2) is 5.82 Å². The van der Waals surface area contributed by atoms with Gasteiger partial charge in [-0.25, -0.2) is 10.8 Å². The molecule has 0 saturated heterocycles. The van der Waals surface area contributed by atoms with E-state index < -0.39 is 5.91 Å². The van der Waals surface area contributed by atoms with E-state index in [0.717, 1.165) is 16.7 Å². The van der Waals surface area contributed by atoms with Crippen molar-refractivity contribution >= 4 is 29.1 Å². The van der Waals surface area contributed by atoms with Crippen LogP contribution in [0.5, 0.6) is 0 Å². The number of nitrogens with one attached hydrogen (secondary N) is 2. The number of aromatic nitrogens is 3. The standard InChI is InChI=1S/C19H23N9O2/c20-15-6-14(17(22)18(26-15)27-23)5-12-7-25-28(10-12)9-11-1-3-13(4-2-11)19(30)24-8-16(21)29/h1-4,6-7,10H,5,8-9,22-23H2,(H2,21,29)(H,24,30)(H3,20,26,27). The number of hydrazine groups is 1. The molecule has 2 heterocycles. The lowest BCUT2D eigenvalue weighted by Crippen LogP contribution is -2.33. The van der Waals surface area contributed by atoms with Gasteiger partial charge < -0.3 is 27.9 Å². The lowest BCUT2D eigenvalue weighted by molar-refractivity contribution is -0.117. The Morgan fingerprint density at radius 2 is 1.83 bits per heavy atom. The highest BCUT2D eigenvalue weighted by Gasteiger charge is 2.11. The first-order chi connectivity index (χ1) is 14.4. The largest absolute Gasteiger partial charge is 0.395 e. The van der Waals surface area contributed by atoms with Gasteiger partial charge in [0.1, 0.15) is 5.82 Å². The molecule has 3 rings (SSSR count). The van der Waals surface area contributed by atoms with Crippen molar-refractivity contribution < 1.29 is 9.59 Å². The molecule has 10 N–H and O–H groups in total. The van der Waals surface area contributed by atoms with Gasteiger partial charge in [-0.3, -0.25) is 14.3 Å². The Balaban J connectivity index is 1.65. The smallest absolute Gasteiger partial charge is 0.251 e. The molecule has 0 aliphatic rings. The fraction of sp³-hybridized carbons (Fsp3) is 0.158. The SMILES string of the molecule is NNc1nc(N)cc(Cc2cnn(Cc3ccc(C(=O)NCC(N)=O)cc3)c2)c1N. The molecule has 2 amide bonds. The summed E-state index contributed by atoms with van der Waals surface area (Å²) in [4.78, 5) is 26.7. The summed E-state index contributed by atoms with van der Waals surface area (Å²) in [5.41, 5.74) is 22.9. The molecular weight excluding hydrogens is 386 g/mol. The molecule has 0 spiro atoms. The number of hydrogen-bond donors (Lipinski definition) is 6. The number of nitrogen functional groups attached to an aromatic ring is 3. The fourth-order valence-corrected chi connectivity index (χ4v) is 2.91. The van der Waals surface area contributed by atoms with Gasteiger partial charge in [-0.1, -0.05) is 12.1 Å². The van der Waals surface area contributed by atoms with Crippen LogP contribution in [0.15, 0.2) is 42.7 Å². The summed E-state index contributed by atoms with van der Waals surface area (Å²) < 4.78 is 1.78. The number of nitrogens with zero attached hydrogens (tertiary/aromatic N) is 3. The third-order valence-corrected chi connectivity index (χ3v) is 4.37. The van der Waals surface area contributed by atoms with Crippen LogP contribution in [-0.4, -0.2) is 33.1 Å². The molecule has 11 heteroatoms. The monoisotopic (exact) mass is 409 g/mol. The van der Waals surface area contributed by atoms with Gasteiger partial charge in [-0.2, -0.15) is 5.10 Å². The van der Waals surface area contributed by atoms with Gasteiger partial charge in [-0.05, 0) is 34.9 Å². The van der Waals surface area contributed by atoms with Crippen LogP contribution >= 0.6 is 0 Å². The van der Waals surface area contributed by atoms with Crippen LogP contribution in [-0.2, 0) is 17.8 Å². The number of amides is 2. The molecule has 30 heavy (non-hydrogen) atoms. The van der Waals surface area contributed by atoms with Crippen LogP contribution in [0.3, 0.4) is 0 Å². The van der Waals surface area contributed by atoms with Gasteiger partial charge in [-0.15, -0.1) is 0 Å². The maximum absolute atomic E-state index is 11.9. The van der Waals surface area contributed by atoms with Crippen LogP contribution in [0.1, 0.15) is 27.0 Å². The summed E-state index contributed by atoms with van der Waals surface area (Å²) in [7, 11) is 0. The van der Waals surface area contributed by atoms with Gasteiger partial charge in [0.25, 0.3) is 5.91 Å².